The van der Waals surface area contributed by atoms with E-state index in [1.54, 1.807) is 19.9 Å². The van der Waals surface area contributed by atoms with Crippen LogP contribution in [-0.4, -0.2) is 21.1 Å². The molecule has 0 saturated carbocycles. The monoisotopic (exact) mass is 237 g/mol. The number of phenols is 2. The van der Waals surface area contributed by atoms with Crippen LogP contribution in [0, 0.1) is 6.92 Å². The number of benzene rings is 1. The lowest BCUT2D eigenvalue weighted by molar-refractivity contribution is 0.318. The summed E-state index contributed by atoms with van der Waals surface area (Å²) in [7, 11) is 0. The van der Waals surface area contributed by atoms with E-state index in [1.807, 2.05) is 20.8 Å². The fourth-order valence-electron chi connectivity index (χ4n) is 1.70. The molecule has 0 amide bonds. The number of phenolic OH excluding ortho intramolecular Hbond substituents is 2. The first-order valence-electron chi connectivity index (χ1n) is 5.45. The zero-order valence-electron chi connectivity index (χ0n) is 10.9. The molecular weight excluding hydrogens is 218 g/mol. The van der Waals surface area contributed by atoms with Crippen molar-refractivity contribution in [3.63, 3.8) is 0 Å². The second-order valence-corrected chi connectivity index (χ2v) is 5.23. The number of hydrogen-bond acceptors (Lipinski definition) is 4. The van der Waals surface area contributed by atoms with Gasteiger partial charge in [0.1, 0.15) is 11.5 Å². The molecule has 0 heterocycles. The summed E-state index contributed by atoms with van der Waals surface area (Å²) < 4.78 is 0. The molecule has 4 heteroatoms. The summed E-state index contributed by atoms with van der Waals surface area (Å²) in [5.41, 5.74) is 1.61. The number of nitrogens with zero attached hydrogens (tertiary/aromatic N) is 1. The maximum atomic E-state index is 10.0. The molecule has 0 atom stereocenters. The van der Waals surface area contributed by atoms with Crippen molar-refractivity contribution in [1.29, 1.82) is 0 Å². The Morgan fingerprint density at radius 1 is 1.18 bits per heavy atom. The van der Waals surface area contributed by atoms with Crippen LogP contribution in [-0.2, 0) is 5.41 Å². The SMILES string of the molecule is CC(=NO)c1cc(C(C)(C)C)c(O)c(C)c1O. The molecule has 94 valence electrons. The third-order valence-electron chi connectivity index (χ3n) is 2.86. The summed E-state index contributed by atoms with van der Waals surface area (Å²) in [5.74, 6) is 0.0373. The summed E-state index contributed by atoms with van der Waals surface area (Å²) in [4.78, 5) is 0. The number of hydrogen-bond donors (Lipinski definition) is 3. The van der Waals surface area contributed by atoms with Crippen molar-refractivity contribution >= 4 is 5.71 Å². The van der Waals surface area contributed by atoms with Crippen molar-refractivity contribution in [2.75, 3.05) is 0 Å². The summed E-state index contributed by atoms with van der Waals surface area (Å²) in [6.07, 6.45) is 0. The predicted octanol–water partition coefficient (Wildman–Crippen LogP) is 2.90. The minimum atomic E-state index is -0.257. The minimum Gasteiger partial charge on any atom is -0.507 e. The Bertz CT molecular complexity index is 471. The van der Waals surface area contributed by atoms with E-state index in [4.69, 9.17) is 5.21 Å². The topological polar surface area (TPSA) is 73.1 Å². The molecule has 0 aromatic heterocycles. The lowest BCUT2D eigenvalue weighted by Crippen LogP contribution is -2.13. The van der Waals surface area contributed by atoms with Gasteiger partial charge in [0, 0.05) is 16.7 Å². The average molecular weight is 237 g/mol. The number of rotatable bonds is 1. The van der Waals surface area contributed by atoms with Crippen molar-refractivity contribution in [1.82, 2.24) is 0 Å². The summed E-state index contributed by atoms with van der Waals surface area (Å²) in [6, 6.07) is 1.66. The van der Waals surface area contributed by atoms with Crippen LogP contribution in [0.2, 0.25) is 0 Å². The van der Waals surface area contributed by atoms with Crippen LogP contribution in [0.25, 0.3) is 0 Å². The first kappa shape index (κ1) is 13.4. The molecule has 0 fully saturated rings. The molecule has 0 aliphatic carbocycles. The molecule has 3 N–H and O–H groups in total. The van der Waals surface area contributed by atoms with E-state index in [0.29, 0.717) is 22.4 Å². The van der Waals surface area contributed by atoms with Gasteiger partial charge in [-0.25, -0.2) is 0 Å². The second kappa shape index (κ2) is 4.28. The summed E-state index contributed by atoms with van der Waals surface area (Å²) in [6.45, 7) is 9.13. The lowest BCUT2D eigenvalue weighted by Gasteiger charge is -2.23. The molecule has 0 aliphatic heterocycles. The Balaban J connectivity index is 3.62. The molecule has 0 aliphatic rings. The molecule has 1 rings (SSSR count). The van der Waals surface area contributed by atoms with E-state index in [1.165, 1.54) is 0 Å². The Morgan fingerprint density at radius 2 is 1.71 bits per heavy atom. The molecule has 0 unspecified atom stereocenters. The van der Waals surface area contributed by atoms with Gasteiger partial charge < -0.3 is 15.4 Å². The smallest absolute Gasteiger partial charge is 0.131 e. The first-order chi connectivity index (χ1) is 7.70. The molecule has 1 aromatic carbocycles. The fraction of sp³-hybridized carbons (Fsp3) is 0.462. The molecule has 0 saturated heterocycles. The maximum Gasteiger partial charge on any atom is 0.131 e. The van der Waals surface area contributed by atoms with Crippen molar-refractivity contribution < 1.29 is 15.4 Å². The van der Waals surface area contributed by atoms with Gasteiger partial charge in [-0.3, -0.25) is 0 Å². The van der Waals surface area contributed by atoms with E-state index < -0.39 is 0 Å². The highest BCUT2D eigenvalue weighted by Gasteiger charge is 2.23. The number of aromatic hydroxyl groups is 2. The molecule has 0 radical (unpaired) electrons. The lowest BCUT2D eigenvalue weighted by atomic mass is 9.83. The van der Waals surface area contributed by atoms with E-state index >= 15 is 0 Å². The van der Waals surface area contributed by atoms with E-state index in [2.05, 4.69) is 5.16 Å². The largest absolute Gasteiger partial charge is 0.507 e. The molecule has 17 heavy (non-hydrogen) atoms. The van der Waals surface area contributed by atoms with E-state index in [9.17, 15) is 10.2 Å². The number of oxime groups is 1. The second-order valence-electron chi connectivity index (χ2n) is 5.23. The summed E-state index contributed by atoms with van der Waals surface area (Å²) >= 11 is 0. The van der Waals surface area contributed by atoms with E-state index in [-0.39, 0.29) is 16.9 Å². The molecule has 0 bridgehead atoms. The highest BCUT2D eigenvalue weighted by Crippen LogP contribution is 2.39. The van der Waals surface area contributed by atoms with Crippen LogP contribution in [0.15, 0.2) is 11.2 Å². The summed E-state index contributed by atoms with van der Waals surface area (Å²) in [5, 5.41) is 31.8. The van der Waals surface area contributed by atoms with Gasteiger partial charge in [-0.05, 0) is 25.3 Å². The third kappa shape index (κ3) is 2.35. The van der Waals surface area contributed by atoms with Gasteiger partial charge >= 0.3 is 0 Å². The van der Waals surface area contributed by atoms with Gasteiger partial charge in [0.2, 0.25) is 0 Å². The van der Waals surface area contributed by atoms with Gasteiger partial charge in [0.15, 0.2) is 0 Å². The van der Waals surface area contributed by atoms with Crippen molar-refractivity contribution in [3.05, 3.63) is 22.8 Å². The van der Waals surface area contributed by atoms with Crippen LogP contribution in [0.1, 0.15) is 44.4 Å². The van der Waals surface area contributed by atoms with Crippen LogP contribution in [0.3, 0.4) is 0 Å². The van der Waals surface area contributed by atoms with Gasteiger partial charge in [-0.2, -0.15) is 0 Å². The van der Waals surface area contributed by atoms with Crippen LogP contribution >= 0.6 is 0 Å². The highest BCUT2D eigenvalue weighted by molar-refractivity contribution is 6.01. The quantitative estimate of drug-likeness (QED) is 0.399. The van der Waals surface area contributed by atoms with Gasteiger partial charge in [0.25, 0.3) is 0 Å². The van der Waals surface area contributed by atoms with Crippen LogP contribution in [0.5, 0.6) is 11.5 Å². The standard InChI is InChI=1S/C13H19NO3/c1-7-11(15)9(8(2)14-17)6-10(12(7)16)13(3,4)5/h6,15-17H,1-5H3. The Morgan fingerprint density at radius 3 is 2.12 bits per heavy atom. The zero-order valence-corrected chi connectivity index (χ0v) is 10.9. The molecular formula is C13H19NO3. The normalized spacial score (nSPS) is 12.9. The average Bonchev–Trinajstić information content (AvgIpc) is 2.23. The predicted molar refractivity (Wildman–Crippen MR) is 67.2 cm³/mol. The Kier molecular flexibility index (Phi) is 3.36. The van der Waals surface area contributed by atoms with Crippen LogP contribution < -0.4 is 0 Å². The Labute approximate surface area is 101 Å². The van der Waals surface area contributed by atoms with Gasteiger partial charge in [0.05, 0.1) is 5.71 Å². The maximum absolute atomic E-state index is 10.0. The highest BCUT2D eigenvalue weighted by atomic mass is 16.4. The van der Waals surface area contributed by atoms with Gasteiger partial charge in [-0.15, -0.1) is 0 Å². The Hall–Kier alpha value is -1.71. The van der Waals surface area contributed by atoms with E-state index in [0.717, 1.165) is 0 Å². The third-order valence-corrected chi connectivity index (χ3v) is 2.86. The molecule has 0 spiro atoms. The van der Waals surface area contributed by atoms with Crippen molar-refractivity contribution in [2.24, 2.45) is 5.16 Å². The van der Waals surface area contributed by atoms with Crippen molar-refractivity contribution in [2.45, 2.75) is 40.0 Å². The van der Waals surface area contributed by atoms with Crippen LogP contribution in [0.4, 0.5) is 0 Å². The fourth-order valence-corrected chi connectivity index (χ4v) is 1.70. The van der Waals surface area contributed by atoms with Crippen molar-refractivity contribution in [3.8, 4) is 11.5 Å². The van der Waals surface area contributed by atoms with Gasteiger partial charge in [-0.1, -0.05) is 25.9 Å². The first-order valence-corrected chi connectivity index (χ1v) is 5.45. The molecule has 1 aromatic rings. The minimum absolute atomic E-state index is 0.0502. The zero-order chi connectivity index (χ0) is 13.4. The molecule has 4 nitrogen and oxygen atoms in total.